The maximum Gasteiger partial charge on any atom is 0.416 e. The highest BCUT2D eigenvalue weighted by atomic mass is 32.2. The van der Waals surface area contributed by atoms with Gasteiger partial charge in [-0.15, -0.1) is 0 Å². The van der Waals surface area contributed by atoms with Gasteiger partial charge in [0.25, 0.3) is 0 Å². The summed E-state index contributed by atoms with van der Waals surface area (Å²) in [6.45, 7) is 3.50. The van der Waals surface area contributed by atoms with Crippen LogP contribution in [0, 0.1) is 5.95 Å². The number of likely N-dealkylation sites (N-methyl/N-ethyl adjacent to an activating group) is 1. The number of benzene rings is 1. The lowest BCUT2D eigenvalue weighted by Crippen LogP contribution is -2.46. The number of sulfonamides is 1. The van der Waals surface area contributed by atoms with Gasteiger partial charge in [-0.25, -0.2) is 13.4 Å². The van der Waals surface area contributed by atoms with Crippen LogP contribution in [0.15, 0.2) is 41.4 Å². The average Bonchev–Trinajstić information content (AvgIpc) is 2.83. The van der Waals surface area contributed by atoms with E-state index in [-0.39, 0.29) is 37.9 Å². The second kappa shape index (κ2) is 13.6. The van der Waals surface area contributed by atoms with E-state index >= 15 is 0 Å². The zero-order valence-electron chi connectivity index (χ0n) is 22.1. The molecular formula is C26H35F4N3O5S. The zero-order chi connectivity index (χ0) is 29.4. The van der Waals surface area contributed by atoms with Crippen LogP contribution in [0.3, 0.4) is 0 Å². The molecule has 2 aromatic rings. The normalized spacial score (nSPS) is 13.6. The van der Waals surface area contributed by atoms with Crippen molar-refractivity contribution >= 4 is 16.0 Å². The van der Waals surface area contributed by atoms with Crippen LogP contribution in [0.2, 0.25) is 0 Å². The van der Waals surface area contributed by atoms with Crippen molar-refractivity contribution in [3.8, 4) is 0 Å². The molecular weight excluding hydrogens is 542 g/mol. The predicted octanol–water partition coefficient (Wildman–Crippen LogP) is 4.02. The fraction of sp³-hybridized carbons (Fsp3) is 0.538. The Bertz CT molecular complexity index is 1210. The number of nitrogens with zero attached hydrogens (tertiary/aromatic N) is 2. The summed E-state index contributed by atoms with van der Waals surface area (Å²) in [6.07, 6.45) is -2.61. The Kier molecular flexibility index (Phi) is 11.4. The second-order valence-corrected chi connectivity index (χ2v) is 12.2. The number of pyridine rings is 1. The second-order valence-electron chi connectivity index (χ2n) is 10.2. The molecule has 0 fully saturated rings. The van der Waals surface area contributed by atoms with E-state index in [1.807, 2.05) is 13.8 Å². The van der Waals surface area contributed by atoms with Crippen molar-refractivity contribution < 1.29 is 41.0 Å². The van der Waals surface area contributed by atoms with Gasteiger partial charge in [0.2, 0.25) is 16.0 Å². The number of nitrogens with one attached hydrogen (secondary N) is 1. The molecule has 0 aliphatic heterocycles. The molecule has 0 spiro atoms. The number of carboxylic acids is 1. The van der Waals surface area contributed by atoms with Gasteiger partial charge in [-0.05, 0) is 81.3 Å². The summed E-state index contributed by atoms with van der Waals surface area (Å²) in [7, 11) is -3.21. The van der Waals surface area contributed by atoms with E-state index in [4.69, 9.17) is 5.11 Å². The number of β-amino-alcohol motifs (C(OH)–C–C–N with tert-alkyl or cyclic N) is 1. The van der Waals surface area contributed by atoms with Gasteiger partial charge < -0.3 is 15.5 Å². The van der Waals surface area contributed by atoms with Gasteiger partial charge in [-0.1, -0.05) is 6.07 Å². The third-order valence-electron chi connectivity index (χ3n) is 6.20. The number of hydrogen-bond donors (Lipinski definition) is 3. The Morgan fingerprint density at radius 2 is 1.77 bits per heavy atom. The Morgan fingerprint density at radius 3 is 2.36 bits per heavy atom. The molecule has 1 atom stereocenters. The number of rotatable bonds is 15. The van der Waals surface area contributed by atoms with Crippen molar-refractivity contribution in [3.05, 3.63) is 59.2 Å². The number of carbonyl (C=O) groups is 1. The van der Waals surface area contributed by atoms with Crippen molar-refractivity contribution in [1.82, 2.24) is 14.6 Å². The number of aryl methyl sites for hydroxylation is 2. The summed E-state index contributed by atoms with van der Waals surface area (Å²) in [6, 6.07) is 5.41. The fourth-order valence-electron chi connectivity index (χ4n) is 3.97. The van der Waals surface area contributed by atoms with E-state index in [1.54, 1.807) is 6.07 Å². The summed E-state index contributed by atoms with van der Waals surface area (Å²) >= 11 is 0. The van der Waals surface area contributed by atoms with Gasteiger partial charge in [-0.2, -0.15) is 21.9 Å². The topological polar surface area (TPSA) is 120 Å². The molecule has 0 amide bonds. The molecule has 1 aromatic heterocycles. The van der Waals surface area contributed by atoms with Gasteiger partial charge in [0.05, 0.1) is 16.6 Å². The summed E-state index contributed by atoms with van der Waals surface area (Å²) in [5, 5.41) is 22.4. The van der Waals surface area contributed by atoms with Crippen molar-refractivity contribution in [2.45, 2.75) is 75.1 Å². The first-order valence-corrected chi connectivity index (χ1v) is 13.9. The highest BCUT2D eigenvalue weighted by molar-refractivity contribution is 7.89. The highest BCUT2D eigenvalue weighted by Crippen LogP contribution is 2.33. The van der Waals surface area contributed by atoms with E-state index < -0.39 is 50.2 Å². The molecule has 13 heteroatoms. The van der Waals surface area contributed by atoms with Crippen molar-refractivity contribution in [1.29, 1.82) is 0 Å². The number of alkyl halides is 3. The van der Waals surface area contributed by atoms with Crippen molar-refractivity contribution in [2.75, 3.05) is 20.1 Å². The number of aliphatic carboxylic acids is 1. The summed E-state index contributed by atoms with van der Waals surface area (Å²) in [4.78, 5) is 13.8. The standard InChI is InChI=1S/C26H35F4N3O5S/c1-25(2,11-5-7-18-9-10-23(27)31-15-18)32-16-21(34)17-33(3)39(37,38)22-13-19(6-4-8-24(35)36)12-20(14-22)26(28,29)30/h9-10,12-15,21,32,34H,4-8,11,16-17H2,1-3H3,(H,35,36)/t21-/m1/s1. The van der Waals surface area contributed by atoms with Crippen LogP contribution >= 0.6 is 0 Å². The molecule has 8 nitrogen and oxygen atoms in total. The molecule has 0 aliphatic carbocycles. The maximum absolute atomic E-state index is 13.4. The fourth-order valence-corrected chi connectivity index (χ4v) is 5.28. The van der Waals surface area contributed by atoms with E-state index in [1.165, 1.54) is 19.3 Å². The maximum atomic E-state index is 13.4. The Morgan fingerprint density at radius 1 is 1.10 bits per heavy atom. The molecule has 1 heterocycles. The van der Waals surface area contributed by atoms with Crippen LogP contribution in [0.5, 0.6) is 0 Å². The Balaban J connectivity index is 2.00. The third kappa shape index (κ3) is 10.8. The molecule has 0 saturated heterocycles. The van der Waals surface area contributed by atoms with E-state index in [2.05, 4.69) is 10.3 Å². The molecule has 218 valence electrons. The lowest BCUT2D eigenvalue weighted by atomic mass is 9.95. The summed E-state index contributed by atoms with van der Waals surface area (Å²) < 4.78 is 80.2. The number of aliphatic hydroxyl groups is 1. The van der Waals surface area contributed by atoms with Crippen LogP contribution in [0.4, 0.5) is 17.6 Å². The molecule has 39 heavy (non-hydrogen) atoms. The number of aliphatic hydroxyl groups excluding tert-OH is 1. The molecule has 0 radical (unpaired) electrons. The molecule has 3 N–H and O–H groups in total. The lowest BCUT2D eigenvalue weighted by molar-refractivity contribution is -0.138. The molecule has 0 bridgehead atoms. The predicted molar refractivity (Wildman–Crippen MR) is 137 cm³/mol. The monoisotopic (exact) mass is 577 g/mol. The third-order valence-corrected chi connectivity index (χ3v) is 8.00. The summed E-state index contributed by atoms with van der Waals surface area (Å²) in [5.41, 5.74) is -0.627. The molecule has 2 rings (SSSR count). The zero-order valence-corrected chi connectivity index (χ0v) is 22.9. The minimum atomic E-state index is -4.80. The van der Waals surface area contributed by atoms with Gasteiger partial charge in [0.15, 0.2) is 0 Å². The number of halogens is 4. The first-order chi connectivity index (χ1) is 18.0. The first kappa shape index (κ1) is 32.6. The van der Waals surface area contributed by atoms with Crippen LogP contribution in [-0.4, -0.2) is 65.7 Å². The van der Waals surface area contributed by atoms with Crippen LogP contribution in [-0.2, 0) is 33.8 Å². The van der Waals surface area contributed by atoms with E-state index in [9.17, 15) is 35.9 Å². The number of hydrogen-bond acceptors (Lipinski definition) is 6. The average molecular weight is 578 g/mol. The molecule has 0 aliphatic rings. The van der Waals surface area contributed by atoms with Gasteiger partial charge >= 0.3 is 12.1 Å². The lowest BCUT2D eigenvalue weighted by Gasteiger charge is -2.29. The smallest absolute Gasteiger partial charge is 0.416 e. The van der Waals surface area contributed by atoms with Crippen molar-refractivity contribution in [2.24, 2.45) is 0 Å². The minimum absolute atomic E-state index is 0.0357. The molecule has 0 saturated carbocycles. The van der Waals surface area contributed by atoms with Crippen LogP contribution in [0.1, 0.15) is 56.2 Å². The number of carboxylic acid groups (broad SMARTS) is 1. The quantitative estimate of drug-likeness (QED) is 0.216. The van der Waals surface area contributed by atoms with E-state index in [0.717, 1.165) is 28.4 Å². The first-order valence-electron chi connectivity index (χ1n) is 12.4. The Labute approximate surface area is 226 Å². The minimum Gasteiger partial charge on any atom is -0.481 e. The SMILES string of the molecule is CN(C[C@H](O)CNC(C)(C)CCCc1ccc(F)nc1)S(=O)(=O)c1cc(CCCC(=O)O)cc(C(F)(F)F)c1. The summed E-state index contributed by atoms with van der Waals surface area (Å²) in [5.74, 6) is -1.66. The molecule has 0 unspecified atom stereocenters. The van der Waals surface area contributed by atoms with Crippen LogP contribution < -0.4 is 5.32 Å². The van der Waals surface area contributed by atoms with Crippen LogP contribution in [0.25, 0.3) is 0 Å². The number of aromatic nitrogens is 1. The van der Waals surface area contributed by atoms with Crippen molar-refractivity contribution in [3.63, 3.8) is 0 Å². The van der Waals surface area contributed by atoms with Gasteiger partial charge in [0.1, 0.15) is 0 Å². The largest absolute Gasteiger partial charge is 0.481 e. The Hall–Kier alpha value is -2.61. The van der Waals surface area contributed by atoms with E-state index in [0.29, 0.717) is 18.9 Å². The van der Waals surface area contributed by atoms with Gasteiger partial charge in [0, 0.05) is 38.3 Å². The molecule has 1 aromatic carbocycles. The van der Waals surface area contributed by atoms with Gasteiger partial charge in [-0.3, -0.25) is 4.79 Å². The highest BCUT2D eigenvalue weighted by Gasteiger charge is 2.34.